The first kappa shape index (κ1) is 65.1. The van der Waals surface area contributed by atoms with Crippen molar-refractivity contribution in [1.82, 2.24) is 0 Å². The van der Waals surface area contributed by atoms with Crippen LogP contribution >= 0.6 is 15.6 Å². The van der Waals surface area contributed by atoms with Crippen LogP contribution in [-0.2, 0) is 46.6 Å². The number of esters is 2. The Kier molecular flexibility index (Phi) is 33.4. The van der Waals surface area contributed by atoms with Crippen molar-refractivity contribution in [2.75, 3.05) is 13.2 Å². The van der Waals surface area contributed by atoms with Crippen LogP contribution in [0.3, 0.4) is 0 Å². The fraction of sp³-hybridized carbons (Fsp3) is 0.706. The van der Waals surface area contributed by atoms with Gasteiger partial charge in [-0.05, 0) is 77.0 Å². The van der Waals surface area contributed by atoms with Crippen molar-refractivity contribution < 1.29 is 91.9 Å². The van der Waals surface area contributed by atoms with E-state index in [1.165, 1.54) is 25.3 Å². The number of rotatable bonds is 26. The van der Waals surface area contributed by atoms with Gasteiger partial charge in [-0.1, -0.05) is 125 Å². The van der Waals surface area contributed by atoms with Gasteiger partial charge in [-0.3, -0.25) is 28.0 Å². The molecule has 0 amide bonds. The topological polar surface area (TPSA) is 314 Å². The highest BCUT2D eigenvalue weighted by atomic mass is 31.2. The number of fused-ring (bicyclic) bond motifs is 4. The Morgan fingerprint density at radius 1 is 0.819 bits per heavy atom. The number of carbonyl (C=O) groups is 3. The molecule has 2 bridgehead atoms. The fourth-order valence-corrected chi connectivity index (χ4v) is 9.54. The Morgan fingerprint density at radius 3 is 2.06 bits per heavy atom. The van der Waals surface area contributed by atoms with Gasteiger partial charge in [-0.25, -0.2) is 9.13 Å². The van der Waals surface area contributed by atoms with E-state index in [1.807, 2.05) is 6.92 Å². The molecule has 2 rings (SSSR count). The third kappa shape index (κ3) is 28.1. The summed E-state index contributed by atoms with van der Waals surface area (Å²) in [5.41, 5.74) is 0. The van der Waals surface area contributed by atoms with Crippen molar-refractivity contribution >= 4 is 33.4 Å². The van der Waals surface area contributed by atoms with Gasteiger partial charge < -0.3 is 54.8 Å². The molecule has 1 fully saturated rings. The maximum atomic E-state index is 13.9. The van der Waals surface area contributed by atoms with E-state index in [1.54, 1.807) is 6.08 Å². The van der Waals surface area contributed by atoms with Gasteiger partial charge in [0.2, 0.25) is 0 Å². The third-order valence-corrected chi connectivity index (χ3v) is 13.6. The zero-order valence-corrected chi connectivity index (χ0v) is 43.8. The molecule has 1 saturated carbocycles. The summed E-state index contributed by atoms with van der Waals surface area (Å²) in [6.45, 7) is 2.49. The average molecular weight is 1060 g/mol. The molecule has 0 aromatic rings. The maximum absolute atomic E-state index is 13.9. The molecule has 0 saturated heterocycles. The molecule has 1 unspecified atom stereocenters. The van der Waals surface area contributed by atoms with Gasteiger partial charge in [-0.15, -0.1) is 0 Å². The number of aliphatic hydroxyl groups excluding tert-OH is 6. The minimum absolute atomic E-state index is 0.00943. The molecule has 19 nitrogen and oxygen atoms in total. The average Bonchev–Trinajstić information content (AvgIpc) is 3.32. The van der Waals surface area contributed by atoms with Gasteiger partial charge in [0.1, 0.15) is 36.8 Å². The van der Waals surface area contributed by atoms with Crippen molar-refractivity contribution in [1.29, 1.82) is 0 Å². The van der Waals surface area contributed by atoms with Crippen LogP contribution in [0, 0.1) is 11.8 Å². The number of phosphoric acid groups is 2. The van der Waals surface area contributed by atoms with Crippen molar-refractivity contribution in [2.45, 2.75) is 204 Å². The number of hydrogen-bond donors (Lipinski definition) is 9. The number of Topliss-reactive ketones (excluding diaryl/α,β-unsaturated/α-hetero) is 1. The first-order valence-electron chi connectivity index (χ1n) is 25.6. The summed E-state index contributed by atoms with van der Waals surface area (Å²) in [5, 5.41) is 68.0. The smallest absolute Gasteiger partial charge is 0.462 e. The predicted octanol–water partition coefficient (Wildman–Crippen LogP) is 6.98. The standard InChI is InChI=1S/C51H84O19P2/c1-3-5-7-8-9-10-11-12-13-14-15-16-17-18-19-20-21-22-27-31-44(55)66-36-39-37-67-72(64,65)70-51-49(60)48(59)46(57)40(30-26-23-24-28-32-45(56)68-39)42(53)35-43(54)41(34-33-38(52)29-25-6-4-2)47(58)50(51)69-71(61,62)63/h9-10,12-13,15-16,18-19,23,26,33-34,38-42,46-53,57-60H,3-8,11,14,17,20-22,24-25,27-32,35-37H2,1-2H3,(H,64,65)(H2,61,62,63)/b10-9-,13-12-,16-15-,19-18-,26-23-,34-33+/t38-,39+,40-,41-,42-,46+,47+,48-,49+,50+,51-/m0/s1. The molecule has 2 aliphatic rings. The lowest BCUT2D eigenvalue weighted by Crippen LogP contribution is -2.56. The summed E-state index contributed by atoms with van der Waals surface area (Å²) in [6.07, 6.45) is 14.5. The van der Waals surface area contributed by atoms with E-state index in [0.717, 1.165) is 63.5 Å². The van der Waals surface area contributed by atoms with Gasteiger partial charge in [0.05, 0.1) is 36.9 Å². The van der Waals surface area contributed by atoms with E-state index in [-0.39, 0.29) is 38.5 Å². The highest BCUT2D eigenvalue weighted by molar-refractivity contribution is 7.47. The molecule has 1 aliphatic heterocycles. The molecule has 1 heterocycles. The number of allylic oxidation sites excluding steroid dienone is 10. The molecule has 21 heteroatoms. The van der Waals surface area contributed by atoms with Gasteiger partial charge in [0.25, 0.3) is 0 Å². The van der Waals surface area contributed by atoms with E-state index in [4.69, 9.17) is 23.0 Å². The zero-order valence-electron chi connectivity index (χ0n) is 42.0. The van der Waals surface area contributed by atoms with Crippen molar-refractivity contribution in [2.24, 2.45) is 11.8 Å². The number of cyclic esters (lactones) is 1. The summed E-state index contributed by atoms with van der Waals surface area (Å²) in [7, 11) is -11.5. The molecular weight excluding hydrogens is 978 g/mol. The molecule has 1 aliphatic carbocycles. The second-order valence-electron chi connectivity index (χ2n) is 18.3. The largest absolute Gasteiger partial charge is 0.472 e. The molecule has 12 atom stereocenters. The van der Waals surface area contributed by atoms with Crippen molar-refractivity contribution in [3.8, 4) is 0 Å². The SMILES string of the molecule is CCCCC/C=C\C/C=C\C/C=C\C/C=C\CCCCCC(=O)OC[C@@H]1COP(=O)(O)O[C@H]2[C@H](O)[C@@H](O)[C@H](O)[C@@H](C/C=C\CCCC(=O)O1)[C@@H](O)CC(=O)[C@H](/C=C/[C@@H](O)CCCCC)[C@@H](O)[C@H]2OP(=O)(O)O. The van der Waals surface area contributed by atoms with Gasteiger partial charge >= 0.3 is 27.6 Å². The number of unbranched alkanes of at least 4 members (excludes halogenated alkanes) is 8. The van der Waals surface area contributed by atoms with Crippen LogP contribution < -0.4 is 0 Å². The molecule has 0 aromatic carbocycles. The Bertz CT molecular complexity index is 1830. The highest BCUT2D eigenvalue weighted by Gasteiger charge is 2.51. The summed E-state index contributed by atoms with van der Waals surface area (Å²) in [4.78, 5) is 70.6. The van der Waals surface area contributed by atoms with Gasteiger partial charge in [0, 0.05) is 25.2 Å². The molecule has 9 N–H and O–H groups in total. The second kappa shape index (κ2) is 36.9. The summed E-state index contributed by atoms with van der Waals surface area (Å²) in [6, 6.07) is 0. The zero-order chi connectivity index (χ0) is 53.4. The Morgan fingerprint density at radius 2 is 1.43 bits per heavy atom. The van der Waals surface area contributed by atoms with Gasteiger partial charge in [-0.2, -0.15) is 0 Å². The molecule has 0 radical (unpaired) electrons. The summed E-state index contributed by atoms with van der Waals surface area (Å²) >= 11 is 0. The monoisotopic (exact) mass is 1060 g/mol. The van der Waals surface area contributed by atoms with E-state index in [0.29, 0.717) is 19.3 Å². The van der Waals surface area contributed by atoms with Crippen LogP contribution in [0.4, 0.5) is 0 Å². The normalized spacial score (nSPS) is 30.0. The first-order valence-corrected chi connectivity index (χ1v) is 28.6. The number of phosphoric ester groups is 2. The Balaban J connectivity index is 2.22. The third-order valence-electron chi connectivity index (χ3n) is 12.1. The van der Waals surface area contributed by atoms with Crippen LogP contribution in [0.2, 0.25) is 0 Å². The number of carbonyl (C=O) groups excluding carboxylic acids is 3. The number of ether oxygens (including phenoxy) is 2. The Labute approximate surface area is 425 Å². The van der Waals surface area contributed by atoms with Crippen molar-refractivity contribution in [3.05, 3.63) is 72.9 Å². The lowest BCUT2D eigenvalue weighted by Gasteiger charge is -2.38. The molecule has 72 heavy (non-hydrogen) atoms. The van der Waals surface area contributed by atoms with Crippen LogP contribution in [0.25, 0.3) is 0 Å². The lowest BCUT2D eigenvalue weighted by molar-refractivity contribution is -0.165. The number of aliphatic hydroxyl groups is 6. The number of hydrogen-bond acceptors (Lipinski definition) is 16. The first-order chi connectivity index (χ1) is 34.3. The molecule has 0 spiro atoms. The predicted molar refractivity (Wildman–Crippen MR) is 270 cm³/mol. The van der Waals surface area contributed by atoms with E-state index in [2.05, 4.69) is 55.5 Å². The minimum atomic E-state index is -5.80. The van der Waals surface area contributed by atoms with Crippen LogP contribution in [0.15, 0.2) is 72.9 Å². The fourth-order valence-electron chi connectivity index (χ4n) is 8.01. The van der Waals surface area contributed by atoms with Crippen LogP contribution in [-0.4, -0.2) is 131 Å². The number of ketones is 1. The lowest BCUT2D eigenvalue weighted by atomic mass is 9.83. The van der Waals surface area contributed by atoms with Gasteiger partial charge in [0.15, 0.2) is 6.10 Å². The van der Waals surface area contributed by atoms with E-state index in [9.17, 15) is 68.8 Å². The highest BCUT2D eigenvalue weighted by Crippen LogP contribution is 2.49. The van der Waals surface area contributed by atoms with Crippen LogP contribution in [0.5, 0.6) is 0 Å². The summed E-state index contributed by atoms with van der Waals surface area (Å²) in [5.74, 6) is -5.84. The molecule has 0 aromatic heterocycles. The summed E-state index contributed by atoms with van der Waals surface area (Å²) < 4.78 is 52.0. The van der Waals surface area contributed by atoms with Crippen molar-refractivity contribution in [3.63, 3.8) is 0 Å². The quantitative estimate of drug-likeness (QED) is 0.0182. The van der Waals surface area contributed by atoms with Crippen LogP contribution in [0.1, 0.15) is 149 Å². The van der Waals surface area contributed by atoms with E-state index < -0.39 is 120 Å². The maximum Gasteiger partial charge on any atom is 0.472 e. The van der Waals surface area contributed by atoms with E-state index >= 15 is 0 Å². The molecular formula is C51H84O19P2. The Hall–Kier alpha value is -2.97. The second-order valence-corrected chi connectivity index (χ2v) is 20.9. The molecule has 412 valence electrons. The minimum Gasteiger partial charge on any atom is -0.462 e.